The Kier molecular flexibility index (Phi) is 5.70. The fraction of sp³-hybridized carbons (Fsp3) is 0.381. The summed E-state index contributed by atoms with van der Waals surface area (Å²) in [5, 5.41) is 13.8. The number of hydrogen-bond acceptors (Lipinski definition) is 6. The Balaban J connectivity index is 1.50. The van der Waals surface area contributed by atoms with Crippen LogP contribution in [0.4, 0.5) is 0 Å². The Morgan fingerprint density at radius 1 is 1.07 bits per heavy atom. The summed E-state index contributed by atoms with van der Waals surface area (Å²) in [5.41, 5.74) is 1.34. The highest BCUT2D eigenvalue weighted by Gasteiger charge is 2.50. The van der Waals surface area contributed by atoms with Gasteiger partial charge in [-0.3, -0.25) is 4.79 Å². The monoisotopic (exact) mass is 385 g/mol. The van der Waals surface area contributed by atoms with Crippen molar-refractivity contribution in [1.29, 1.82) is 0 Å². The molecule has 2 saturated heterocycles. The number of aliphatic hydroxyl groups is 1. The first-order valence-electron chi connectivity index (χ1n) is 9.21. The first kappa shape index (κ1) is 19.0. The molecule has 0 radical (unpaired) electrons. The number of methoxy groups -OCH3 is 1. The molecule has 2 aliphatic heterocycles. The number of amides is 1. The Morgan fingerprint density at radius 2 is 1.75 bits per heavy atom. The van der Waals surface area contributed by atoms with Gasteiger partial charge < -0.3 is 29.4 Å². The molecule has 0 aromatic heterocycles. The zero-order valence-electron chi connectivity index (χ0n) is 15.4. The van der Waals surface area contributed by atoms with Gasteiger partial charge >= 0.3 is 0 Å². The summed E-state index contributed by atoms with van der Waals surface area (Å²) in [6.07, 6.45) is -3.60. The molecule has 6 atom stereocenters. The first-order valence-corrected chi connectivity index (χ1v) is 9.21. The van der Waals surface area contributed by atoms with Gasteiger partial charge in [-0.25, -0.2) is 0 Å². The second kappa shape index (κ2) is 8.38. The van der Waals surface area contributed by atoms with Gasteiger partial charge in [0.05, 0.1) is 6.61 Å². The number of carbonyl (C=O) groups is 1. The molecule has 28 heavy (non-hydrogen) atoms. The van der Waals surface area contributed by atoms with Gasteiger partial charge in [0.1, 0.15) is 24.4 Å². The van der Waals surface area contributed by atoms with Crippen molar-refractivity contribution in [3.63, 3.8) is 0 Å². The van der Waals surface area contributed by atoms with Gasteiger partial charge in [-0.2, -0.15) is 0 Å². The quantitative estimate of drug-likeness (QED) is 0.832. The van der Waals surface area contributed by atoms with Crippen LogP contribution in [0.15, 0.2) is 60.7 Å². The lowest BCUT2D eigenvalue weighted by Gasteiger charge is -2.47. The Morgan fingerprint density at radius 3 is 2.43 bits per heavy atom. The van der Waals surface area contributed by atoms with Crippen molar-refractivity contribution < 1.29 is 28.8 Å². The summed E-state index contributed by atoms with van der Waals surface area (Å²) in [6, 6.07) is 17.5. The number of rotatable bonds is 4. The highest BCUT2D eigenvalue weighted by Crippen LogP contribution is 2.34. The summed E-state index contributed by atoms with van der Waals surface area (Å²) < 4.78 is 23.0. The standard InChI is InChI=1S/C21H23NO6/c1-25-21-16(22-19(24)13-8-4-2-5-9-13)17(23)18-15(27-21)12-26-20(28-18)14-10-6-3-7-11-14/h2-11,15-18,20-21,23H,12H2,1H3,(H,22,24)/t15-,16-,17+,18-,20-,21+/m1/s1. The minimum absolute atomic E-state index is 0.250. The molecule has 0 aliphatic carbocycles. The second-order valence-electron chi connectivity index (χ2n) is 6.81. The number of benzene rings is 2. The summed E-state index contributed by atoms with van der Waals surface area (Å²) >= 11 is 0. The molecule has 2 aliphatic rings. The molecule has 7 heteroatoms. The number of aliphatic hydroxyl groups excluding tert-OH is 1. The summed E-state index contributed by atoms with van der Waals surface area (Å²) in [4.78, 5) is 12.6. The van der Waals surface area contributed by atoms with Crippen LogP contribution >= 0.6 is 0 Å². The lowest BCUT2D eigenvalue weighted by molar-refractivity contribution is -0.340. The van der Waals surface area contributed by atoms with E-state index >= 15 is 0 Å². The van der Waals surface area contributed by atoms with Crippen LogP contribution < -0.4 is 5.32 Å². The SMILES string of the molecule is CO[C@H]1O[C@@H]2CO[C@@H](c3ccccc3)O[C@H]2[C@@H](O)[C@H]1NC(=O)c1ccccc1. The van der Waals surface area contributed by atoms with E-state index in [-0.39, 0.29) is 12.5 Å². The molecule has 148 valence electrons. The fourth-order valence-corrected chi connectivity index (χ4v) is 3.55. The molecule has 0 spiro atoms. The molecule has 2 fully saturated rings. The van der Waals surface area contributed by atoms with Crippen molar-refractivity contribution in [2.45, 2.75) is 36.9 Å². The minimum Gasteiger partial charge on any atom is -0.388 e. The van der Waals surface area contributed by atoms with E-state index in [0.717, 1.165) is 5.56 Å². The topological polar surface area (TPSA) is 86.2 Å². The Bertz CT molecular complexity index is 786. The lowest BCUT2D eigenvalue weighted by Crippen LogP contribution is -2.66. The van der Waals surface area contributed by atoms with Crippen LogP contribution in [0.25, 0.3) is 0 Å². The van der Waals surface area contributed by atoms with Gasteiger partial charge in [-0.05, 0) is 12.1 Å². The second-order valence-corrected chi connectivity index (χ2v) is 6.81. The molecular weight excluding hydrogens is 362 g/mol. The smallest absolute Gasteiger partial charge is 0.251 e. The molecule has 4 rings (SSSR count). The molecule has 0 bridgehead atoms. The third-order valence-corrected chi connectivity index (χ3v) is 5.00. The van der Waals surface area contributed by atoms with E-state index in [4.69, 9.17) is 18.9 Å². The van der Waals surface area contributed by atoms with Crippen molar-refractivity contribution in [3.05, 3.63) is 71.8 Å². The van der Waals surface area contributed by atoms with Crippen LogP contribution in [-0.2, 0) is 18.9 Å². The maximum absolute atomic E-state index is 12.6. The maximum Gasteiger partial charge on any atom is 0.251 e. The van der Waals surface area contributed by atoms with E-state index in [0.29, 0.717) is 5.56 Å². The summed E-state index contributed by atoms with van der Waals surface area (Å²) in [5.74, 6) is -0.319. The van der Waals surface area contributed by atoms with Crippen LogP contribution in [0.5, 0.6) is 0 Å². The first-order chi connectivity index (χ1) is 13.7. The van der Waals surface area contributed by atoms with E-state index in [1.165, 1.54) is 7.11 Å². The van der Waals surface area contributed by atoms with E-state index < -0.39 is 36.9 Å². The number of fused-ring (bicyclic) bond motifs is 1. The van der Waals surface area contributed by atoms with Gasteiger partial charge in [0.15, 0.2) is 12.6 Å². The summed E-state index contributed by atoms with van der Waals surface area (Å²) in [6.45, 7) is 0.250. The number of nitrogens with one attached hydrogen (secondary N) is 1. The van der Waals surface area contributed by atoms with Gasteiger partial charge in [0.25, 0.3) is 5.91 Å². The number of hydrogen-bond donors (Lipinski definition) is 2. The fourth-order valence-electron chi connectivity index (χ4n) is 3.55. The number of ether oxygens (including phenoxy) is 4. The maximum atomic E-state index is 12.6. The van der Waals surface area contributed by atoms with Crippen molar-refractivity contribution in [3.8, 4) is 0 Å². The Hall–Kier alpha value is -2.29. The molecular formula is C21H23NO6. The molecule has 7 nitrogen and oxygen atoms in total. The minimum atomic E-state index is -1.02. The predicted octanol–water partition coefficient (Wildman–Crippen LogP) is 1.63. The molecule has 0 unspecified atom stereocenters. The van der Waals surface area contributed by atoms with Crippen LogP contribution in [0.1, 0.15) is 22.2 Å². The van der Waals surface area contributed by atoms with E-state index in [1.54, 1.807) is 24.3 Å². The highest BCUT2D eigenvalue weighted by atomic mass is 16.7. The average molecular weight is 385 g/mol. The normalized spacial score (nSPS) is 32.4. The van der Waals surface area contributed by atoms with E-state index in [2.05, 4.69) is 5.32 Å². The molecule has 0 saturated carbocycles. The van der Waals surface area contributed by atoms with E-state index in [1.807, 2.05) is 36.4 Å². The van der Waals surface area contributed by atoms with Gasteiger partial charge in [0, 0.05) is 18.2 Å². The van der Waals surface area contributed by atoms with Crippen molar-refractivity contribution in [1.82, 2.24) is 5.32 Å². The lowest BCUT2D eigenvalue weighted by atomic mass is 9.95. The highest BCUT2D eigenvalue weighted by molar-refractivity contribution is 5.94. The molecule has 1 amide bonds. The molecule has 2 N–H and O–H groups in total. The van der Waals surface area contributed by atoms with Crippen molar-refractivity contribution >= 4 is 5.91 Å². The third kappa shape index (κ3) is 3.80. The molecule has 2 aromatic rings. The van der Waals surface area contributed by atoms with Crippen LogP contribution in [-0.4, -0.2) is 55.4 Å². The van der Waals surface area contributed by atoms with E-state index in [9.17, 15) is 9.90 Å². The summed E-state index contributed by atoms with van der Waals surface area (Å²) in [7, 11) is 1.47. The van der Waals surface area contributed by atoms with Crippen molar-refractivity contribution in [2.24, 2.45) is 0 Å². The van der Waals surface area contributed by atoms with Crippen LogP contribution in [0.2, 0.25) is 0 Å². The largest absolute Gasteiger partial charge is 0.388 e. The molecule has 2 heterocycles. The predicted molar refractivity (Wildman–Crippen MR) is 99.4 cm³/mol. The van der Waals surface area contributed by atoms with Gasteiger partial charge in [-0.1, -0.05) is 48.5 Å². The zero-order valence-corrected chi connectivity index (χ0v) is 15.4. The Labute approximate surface area is 163 Å². The van der Waals surface area contributed by atoms with Gasteiger partial charge in [-0.15, -0.1) is 0 Å². The zero-order chi connectivity index (χ0) is 19.5. The van der Waals surface area contributed by atoms with Crippen molar-refractivity contribution in [2.75, 3.05) is 13.7 Å². The average Bonchev–Trinajstić information content (AvgIpc) is 2.76. The van der Waals surface area contributed by atoms with Crippen LogP contribution in [0, 0.1) is 0 Å². The third-order valence-electron chi connectivity index (χ3n) is 5.00. The van der Waals surface area contributed by atoms with Crippen LogP contribution in [0.3, 0.4) is 0 Å². The number of carbonyl (C=O) groups excluding carboxylic acids is 1. The molecule has 2 aromatic carbocycles. The van der Waals surface area contributed by atoms with Gasteiger partial charge in [0.2, 0.25) is 0 Å².